The number of benzene rings is 1. The van der Waals surface area contributed by atoms with E-state index in [1.165, 1.54) is 6.33 Å². The molecular weight excluding hydrogens is 348 g/mol. The Labute approximate surface area is 154 Å². The molecule has 1 saturated heterocycles. The SMILES string of the molecule is [N-]=[N+]=N[C@H]1C[C@H](n2cnc3c(NCc4ccccc4)ncnc32)O[C@@H]1CO. The van der Waals surface area contributed by atoms with E-state index in [4.69, 9.17) is 10.3 Å². The molecule has 2 N–H and O–H groups in total. The minimum Gasteiger partial charge on any atom is -0.394 e. The fourth-order valence-corrected chi connectivity index (χ4v) is 3.21. The summed E-state index contributed by atoms with van der Waals surface area (Å²) in [5.41, 5.74) is 11.1. The van der Waals surface area contributed by atoms with Gasteiger partial charge < -0.3 is 15.2 Å². The summed E-state index contributed by atoms with van der Waals surface area (Å²) >= 11 is 0. The Bertz CT molecular complexity index is 969. The molecule has 0 spiro atoms. The van der Waals surface area contributed by atoms with Crippen molar-refractivity contribution in [1.82, 2.24) is 19.5 Å². The second kappa shape index (κ2) is 7.58. The summed E-state index contributed by atoms with van der Waals surface area (Å²) in [7, 11) is 0. The molecule has 1 aliphatic rings. The quantitative estimate of drug-likeness (QED) is 0.391. The van der Waals surface area contributed by atoms with Crippen LogP contribution in [-0.2, 0) is 11.3 Å². The molecule has 4 rings (SSSR count). The summed E-state index contributed by atoms with van der Waals surface area (Å²) in [5.74, 6) is 0.630. The zero-order chi connectivity index (χ0) is 18.6. The van der Waals surface area contributed by atoms with E-state index in [0.717, 1.165) is 5.56 Å². The Balaban J connectivity index is 1.58. The van der Waals surface area contributed by atoms with E-state index >= 15 is 0 Å². The molecule has 0 unspecified atom stereocenters. The number of fused-ring (bicyclic) bond motifs is 1. The van der Waals surface area contributed by atoms with E-state index < -0.39 is 18.4 Å². The van der Waals surface area contributed by atoms with Gasteiger partial charge in [-0.15, -0.1) is 0 Å². The van der Waals surface area contributed by atoms with Crippen molar-refractivity contribution < 1.29 is 9.84 Å². The van der Waals surface area contributed by atoms with Crippen molar-refractivity contribution in [3.05, 3.63) is 59.0 Å². The minimum absolute atomic E-state index is 0.217. The molecule has 1 fully saturated rings. The van der Waals surface area contributed by atoms with Gasteiger partial charge in [0.05, 0.1) is 25.1 Å². The molecule has 3 heterocycles. The van der Waals surface area contributed by atoms with E-state index in [-0.39, 0.29) is 6.61 Å². The van der Waals surface area contributed by atoms with Crippen LogP contribution in [0.1, 0.15) is 18.2 Å². The third kappa shape index (κ3) is 3.41. The molecule has 0 aliphatic carbocycles. The lowest BCUT2D eigenvalue weighted by atomic mass is 10.1. The Morgan fingerprint density at radius 1 is 1.30 bits per heavy atom. The van der Waals surface area contributed by atoms with Crippen LogP contribution in [0.15, 0.2) is 48.1 Å². The van der Waals surface area contributed by atoms with E-state index in [0.29, 0.717) is 29.9 Å². The van der Waals surface area contributed by atoms with Crippen molar-refractivity contribution in [2.24, 2.45) is 5.11 Å². The van der Waals surface area contributed by atoms with Crippen LogP contribution in [0.5, 0.6) is 0 Å². The van der Waals surface area contributed by atoms with E-state index in [9.17, 15) is 5.11 Å². The van der Waals surface area contributed by atoms with Crippen molar-refractivity contribution >= 4 is 17.0 Å². The highest BCUT2D eigenvalue weighted by Crippen LogP contribution is 2.33. The number of rotatable bonds is 6. The summed E-state index contributed by atoms with van der Waals surface area (Å²) in [6.45, 7) is 0.400. The molecule has 0 radical (unpaired) electrons. The third-order valence-corrected chi connectivity index (χ3v) is 4.56. The van der Waals surface area contributed by atoms with Gasteiger partial charge in [0.2, 0.25) is 0 Å². The smallest absolute Gasteiger partial charge is 0.167 e. The van der Waals surface area contributed by atoms with Gasteiger partial charge in [-0.1, -0.05) is 35.4 Å². The number of hydrogen-bond donors (Lipinski definition) is 2. The number of hydrogen-bond acceptors (Lipinski definition) is 7. The number of aliphatic hydroxyl groups excluding tert-OH is 1. The van der Waals surface area contributed by atoms with Gasteiger partial charge in [-0.2, -0.15) is 0 Å². The zero-order valence-corrected chi connectivity index (χ0v) is 14.4. The van der Waals surface area contributed by atoms with Crippen LogP contribution in [0.4, 0.5) is 5.82 Å². The molecule has 0 saturated carbocycles. The summed E-state index contributed by atoms with van der Waals surface area (Å²) in [6, 6.07) is 9.56. The van der Waals surface area contributed by atoms with E-state index in [1.807, 2.05) is 30.3 Å². The number of aromatic nitrogens is 4. The maximum absolute atomic E-state index is 9.45. The number of nitrogens with one attached hydrogen (secondary N) is 1. The van der Waals surface area contributed by atoms with Gasteiger partial charge in [-0.25, -0.2) is 15.0 Å². The molecule has 3 aromatic rings. The number of anilines is 1. The van der Waals surface area contributed by atoms with Crippen LogP contribution in [-0.4, -0.2) is 43.4 Å². The average molecular weight is 366 g/mol. The molecule has 27 heavy (non-hydrogen) atoms. The second-order valence-corrected chi connectivity index (χ2v) is 6.21. The average Bonchev–Trinajstić information content (AvgIpc) is 3.31. The molecule has 1 aliphatic heterocycles. The third-order valence-electron chi connectivity index (χ3n) is 4.56. The number of nitrogens with zero attached hydrogens (tertiary/aromatic N) is 7. The largest absolute Gasteiger partial charge is 0.394 e. The predicted molar refractivity (Wildman–Crippen MR) is 97.6 cm³/mol. The predicted octanol–water partition coefficient (Wildman–Crippen LogP) is 2.40. The molecule has 0 amide bonds. The van der Waals surface area contributed by atoms with Gasteiger partial charge in [-0.05, 0) is 11.1 Å². The standard InChI is InChI=1S/C17H18N8O2/c18-24-23-12-6-14(27-13(12)8-26)25-10-22-15-16(20-9-21-17(15)25)19-7-11-4-2-1-3-5-11/h1-5,9-10,12-14,26H,6-8H2,(H,19,20,21)/t12-,13+,14+/m0/s1. The first-order valence-electron chi connectivity index (χ1n) is 8.56. The topological polar surface area (TPSA) is 134 Å². The van der Waals surface area contributed by atoms with Crippen LogP contribution in [0.2, 0.25) is 0 Å². The number of azide groups is 1. The summed E-state index contributed by atoms with van der Waals surface area (Å²) in [5, 5.41) is 16.4. The normalized spacial score (nSPS) is 21.9. The van der Waals surface area contributed by atoms with Gasteiger partial charge in [0, 0.05) is 17.9 Å². The fourth-order valence-electron chi connectivity index (χ4n) is 3.21. The summed E-state index contributed by atoms with van der Waals surface area (Å²) in [6.07, 6.45) is 2.58. The van der Waals surface area contributed by atoms with Crippen molar-refractivity contribution in [2.75, 3.05) is 11.9 Å². The van der Waals surface area contributed by atoms with Gasteiger partial charge in [-0.3, -0.25) is 4.57 Å². The lowest BCUT2D eigenvalue weighted by Gasteiger charge is -2.14. The molecular formula is C17H18N8O2. The van der Waals surface area contributed by atoms with Crippen LogP contribution < -0.4 is 5.32 Å². The molecule has 1 aromatic carbocycles. The van der Waals surface area contributed by atoms with Crippen LogP contribution in [0, 0.1) is 0 Å². The maximum atomic E-state index is 9.45. The second-order valence-electron chi connectivity index (χ2n) is 6.21. The molecule has 10 nitrogen and oxygen atoms in total. The molecule has 3 atom stereocenters. The van der Waals surface area contributed by atoms with Gasteiger partial charge in [0.25, 0.3) is 0 Å². The fraction of sp³-hybridized carbons (Fsp3) is 0.353. The highest BCUT2D eigenvalue weighted by molar-refractivity contribution is 5.82. The first-order chi connectivity index (χ1) is 13.3. The van der Waals surface area contributed by atoms with Crippen molar-refractivity contribution in [3.8, 4) is 0 Å². The maximum Gasteiger partial charge on any atom is 0.167 e. The molecule has 138 valence electrons. The highest BCUT2D eigenvalue weighted by Gasteiger charge is 2.36. The van der Waals surface area contributed by atoms with Crippen LogP contribution in [0.3, 0.4) is 0 Å². The molecule has 10 heteroatoms. The Hall–Kier alpha value is -3.20. The Kier molecular flexibility index (Phi) is 4.84. The van der Waals surface area contributed by atoms with Gasteiger partial charge in [0.1, 0.15) is 12.6 Å². The molecule has 2 aromatic heterocycles. The monoisotopic (exact) mass is 366 g/mol. The Morgan fingerprint density at radius 2 is 2.15 bits per heavy atom. The zero-order valence-electron chi connectivity index (χ0n) is 14.4. The van der Waals surface area contributed by atoms with E-state index in [1.54, 1.807) is 10.9 Å². The van der Waals surface area contributed by atoms with Gasteiger partial charge >= 0.3 is 0 Å². The van der Waals surface area contributed by atoms with Gasteiger partial charge in [0.15, 0.2) is 17.0 Å². The summed E-state index contributed by atoms with van der Waals surface area (Å²) < 4.78 is 7.60. The first-order valence-corrected chi connectivity index (χ1v) is 8.56. The van der Waals surface area contributed by atoms with Crippen LogP contribution in [0.25, 0.3) is 21.6 Å². The number of imidazole rings is 1. The van der Waals surface area contributed by atoms with Crippen molar-refractivity contribution in [2.45, 2.75) is 31.3 Å². The van der Waals surface area contributed by atoms with Crippen LogP contribution >= 0.6 is 0 Å². The Morgan fingerprint density at radius 3 is 2.93 bits per heavy atom. The van der Waals surface area contributed by atoms with Crippen molar-refractivity contribution in [1.29, 1.82) is 0 Å². The van der Waals surface area contributed by atoms with E-state index in [2.05, 4.69) is 30.3 Å². The van der Waals surface area contributed by atoms with Crippen molar-refractivity contribution in [3.63, 3.8) is 0 Å². The summed E-state index contributed by atoms with van der Waals surface area (Å²) in [4.78, 5) is 15.9. The first kappa shape index (κ1) is 17.2. The lowest BCUT2D eigenvalue weighted by molar-refractivity contribution is -0.0233. The number of aliphatic hydroxyl groups is 1. The highest BCUT2D eigenvalue weighted by atomic mass is 16.5. The lowest BCUT2D eigenvalue weighted by Crippen LogP contribution is -2.22. The molecule has 0 bridgehead atoms. The number of ether oxygens (including phenoxy) is 1. The minimum atomic E-state index is -0.541.